The fraction of sp³-hybridized carbons (Fsp3) is 0.280. The number of rotatable bonds is 7. The van der Waals surface area contributed by atoms with Gasteiger partial charge < -0.3 is 14.5 Å². The molecule has 160 valence electrons. The first kappa shape index (κ1) is 20.9. The van der Waals surface area contributed by atoms with Crippen molar-refractivity contribution in [2.45, 2.75) is 32.9 Å². The molecule has 1 aromatic heterocycles. The van der Waals surface area contributed by atoms with E-state index in [1.54, 1.807) is 0 Å². The largest absolute Gasteiger partial charge is 0.477 e. The zero-order chi connectivity index (χ0) is 21.6. The average Bonchev–Trinajstić information content (AvgIpc) is 2.79. The number of hydrogen-bond acceptors (Lipinski definition) is 5. The molecule has 0 saturated carbocycles. The molecule has 0 aliphatic carbocycles. The van der Waals surface area contributed by atoms with Crippen LogP contribution in [0.25, 0.3) is 0 Å². The van der Waals surface area contributed by atoms with E-state index in [0.29, 0.717) is 18.0 Å². The molecular weight excluding hydrogens is 392 g/mol. The van der Waals surface area contributed by atoms with Gasteiger partial charge in [-0.15, -0.1) is 0 Å². The van der Waals surface area contributed by atoms with Crippen LogP contribution in [0.5, 0.6) is 5.75 Å². The van der Waals surface area contributed by atoms with Crippen molar-refractivity contribution in [3.05, 3.63) is 93.5 Å². The van der Waals surface area contributed by atoms with Gasteiger partial charge in [0.2, 0.25) is 11.2 Å². The van der Waals surface area contributed by atoms with E-state index in [4.69, 9.17) is 9.15 Å². The molecule has 31 heavy (non-hydrogen) atoms. The number of amides is 1. The highest BCUT2D eigenvalue weighted by molar-refractivity contribution is 5.91. The van der Waals surface area contributed by atoms with Gasteiger partial charge in [-0.1, -0.05) is 43.3 Å². The third-order valence-electron chi connectivity index (χ3n) is 5.45. The number of carbonyl (C=O) groups excluding carboxylic acids is 1. The van der Waals surface area contributed by atoms with Crippen molar-refractivity contribution in [3.8, 4) is 5.75 Å². The maximum atomic E-state index is 12.4. The second-order valence-corrected chi connectivity index (χ2v) is 7.69. The number of nitrogens with one attached hydrogen (secondary N) is 1. The average molecular weight is 418 g/mol. The molecule has 0 saturated heterocycles. The fourth-order valence-electron chi connectivity index (χ4n) is 3.70. The summed E-state index contributed by atoms with van der Waals surface area (Å²) >= 11 is 0. The van der Waals surface area contributed by atoms with Crippen LogP contribution in [0.4, 0.5) is 5.69 Å². The molecule has 0 atom stereocenters. The highest BCUT2D eigenvalue weighted by Crippen LogP contribution is 2.20. The summed E-state index contributed by atoms with van der Waals surface area (Å²) < 4.78 is 11.0. The van der Waals surface area contributed by atoms with Crippen LogP contribution < -0.4 is 15.5 Å². The minimum atomic E-state index is -0.334. The second-order valence-electron chi connectivity index (χ2n) is 7.69. The first-order chi connectivity index (χ1) is 15.1. The summed E-state index contributed by atoms with van der Waals surface area (Å²) in [5.74, 6) is 0.279. The summed E-state index contributed by atoms with van der Waals surface area (Å²) in [6, 6.07) is 17.5. The molecule has 0 bridgehead atoms. The molecule has 4 rings (SSSR count). The first-order valence-electron chi connectivity index (χ1n) is 10.5. The highest BCUT2D eigenvalue weighted by atomic mass is 16.5. The number of nitrogens with zero attached hydrogens (tertiary/aromatic N) is 1. The van der Waals surface area contributed by atoms with Gasteiger partial charge in [0.05, 0.1) is 6.54 Å². The minimum Gasteiger partial charge on any atom is -0.477 e. The van der Waals surface area contributed by atoms with Gasteiger partial charge in [-0.3, -0.25) is 14.5 Å². The van der Waals surface area contributed by atoms with Gasteiger partial charge in [0, 0.05) is 24.8 Å². The first-order valence-corrected chi connectivity index (χ1v) is 10.5. The molecule has 3 aromatic rings. The predicted molar refractivity (Wildman–Crippen MR) is 119 cm³/mol. The van der Waals surface area contributed by atoms with Crippen molar-refractivity contribution in [2.24, 2.45) is 0 Å². The Morgan fingerprint density at radius 2 is 1.90 bits per heavy atom. The van der Waals surface area contributed by atoms with Gasteiger partial charge in [0.1, 0.15) is 12.0 Å². The summed E-state index contributed by atoms with van der Waals surface area (Å²) in [7, 11) is 0. The van der Waals surface area contributed by atoms with Crippen LogP contribution in [0, 0.1) is 0 Å². The smallest absolute Gasteiger partial charge is 0.262 e. The summed E-state index contributed by atoms with van der Waals surface area (Å²) in [6.07, 6.45) is 3.21. The van der Waals surface area contributed by atoms with Crippen LogP contribution >= 0.6 is 0 Å². The van der Waals surface area contributed by atoms with Crippen LogP contribution in [0.15, 0.2) is 70.1 Å². The Kier molecular flexibility index (Phi) is 6.48. The van der Waals surface area contributed by atoms with Gasteiger partial charge in [0.15, 0.2) is 6.61 Å². The lowest BCUT2D eigenvalue weighted by Gasteiger charge is -2.28. The van der Waals surface area contributed by atoms with E-state index in [1.807, 2.05) is 30.3 Å². The Hall–Kier alpha value is -3.38. The molecule has 2 heterocycles. The monoisotopic (exact) mass is 418 g/mol. The zero-order valence-corrected chi connectivity index (χ0v) is 17.6. The van der Waals surface area contributed by atoms with Crippen LogP contribution in [-0.4, -0.2) is 24.0 Å². The van der Waals surface area contributed by atoms with Gasteiger partial charge >= 0.3 is 0 Å². The standard InChI is InChI=1S/C25H26N2O4/c1-2-18-7-9-21(10-8-18)26-25(29)17-31-24-16-30-22(13-23(24)28)15-27-12-11-19-5-3-4-6-20(19)14-27/h3-10,13,16H,2,11-12,14-15,17H2,1H3,(H,26,29). The maximum absolute atomic E-state index is 12.4. The Bertz CT molecular complexity index is 1110. The van der Waals surface area contributed by atoms with E-state index in [1.165, 1.54) is 29.0 Å². The van der Waals surface area contributed by atoms with Crippen LogP contribution in [0.1, 0.15) is 29.4 Å². The predicted octanol–water partition coefficient (Wildman–Crippen LogP) is 3.78. The quantitative estimate of drug-likeness (QED) is 0.632. The molecule has 1 aliphatic rings. The number of benzene rings is 2. The third-order valence-corrected chi connectivity index (χ3v) is 5.45. The maximum Gasteiger partial charge on any atom is 0.262 e. The van der Waals surface area contributed by atoms with Gasteiger partial charge in [-0.25, -0.2) is 0 Å². The molecule has 0 spiro atoms. The Morgan fingerprint density at radius 1 is 1.13 bits per heavy atom. The van der Waals surface area contributed by atoms with Crippen LogP contribution in [-0.2, 0) is 30.7 Å². The lowest BCUT2D eigenvalue weighted by atomic mass is 10.00. The number of carbonyl (C=O) groups is 1. The molecule has 6 nitrogen and oxygen atoms in total. The van der Waals surface area contributed by atoms with Crippen LogP contribution in [0.3, 0.4) is 0 Å². The minimum absolute atomic E-state index is 0.0317. The topological polar surface area (TPSA) is 71.8 Å². The summed E-state index contributed by atoms with van der Waals surface area (Å²) in [4.78, 5) is 26.7. The number of hydrogen-bond donors (Lipinski definition) is 1. The van der Waals surface area contributed by atoms with Crippen molar-refractivity contribution in [1.29, 1.82) is 0 Å². The van der Waals surface area contributed by atoms with E-state index in [9.17, 15) is 9.59 Å². The molecule has 1 aliphatic heterocycles. The Balaban J connectivity index is 1.30. The molecule has 0 fully saturated rings. The second kappa shape index (κ2) is 9.62. The Morgan fingerprint density at radius 3 is 2.65 bits per heavy atom. The van der Waals surface area contributed by atoms with Crippen LogP contribution in [0.2, 0.25) is 0 Å². The van der Waals surface area contributed by atoms with Crippen molar-refractivity contribution >= 4 is 11.6 Å². The third kappa shape index (κ3) is 5.41. The van der Waals surface area contributed by atoms with Gasteiger partial charge in [0.25, 0.3) is 5.91 Å². The normalized spacial score (nSPS) is 13.5. The number of aryl methyl sites for hydroxylation is 1. The van der Waals surface area contributed by atoms with E-state index in [-0.39, 0.29) is 23.7 Å². The fourth-order valence-corrected chi connectivity index (χ4v) is 3.70. The lowest BCUT2D eigenvalue weighted by Crippen LogP contribution is -2.30. The lowest BCUT2D eigenvalue weighted by molar-refractivity contribution is -0.118. The molecule has 1 amide bonds. The van der Waals surface area contributed by atoms with Gasteiger partial charge in [-0.05, 0) is 41.7 Å². The van der Waals surface area contributed by atoms with Gasteiger partial charge in [-0.2, -0.15) is 0 Å². The highest BCUT2D eigenvalue weighted by Gasteiger charge is 2.17. The summed E-state index contributed by atoms with van der Waals surface area (Å²) in [5.41, 5.74) is 4.28. The SMILES string of the molecule is CCc1ccc(NC(=O)COc2coc(CN3CCc4ccccc4C3)cc2=O)cc1. The van der Waals surface area contributed by atoms with Crippen molar-refractivity contribution < 1.29 is 13.9 Å². The molecule has 1 N–H and O–H groups in total. The van der Waals surface area contributed by atoms with E-state index < -0.39 is 0 Å². The van der Waals surface area contributed by atoms with Crippen molar-refractivity contribution in [3.63, 3.8) is 0 Å². The number of fused-ring (bicyclic) bond motifs is 1. The zero-order valence-electron chi connectivity index (χ0n) is 17.6. The number of ether oxygens (including phenoxy) is 1. The van der Waals surface area contributed by atoms with E-state index in [0.717, 1.165) is 25.9 Å². The number of anilines is 1. The summed E-state index contributed by atoms with van der Waals surface area (Å²) in [5, 5.41) is 2.75. The molecule has 2 aromatic carbocycles. The van der Waals surface area contributed by atoms with E-state index in [2.05, 4.69) is 35.3 Å². The molecule has 0 radical (unpaired) electrons. The van der Waals surface area contributed by atoms with Crippen molar-refractivity contribution in [1.82, 2.24) is 4.90 Å². The van der Waals surface area contributed by atoms with E-state index >= 15 is 0 Å². The van der Waals surface area contributed by atoms with Crippen molar-refractivity contribution in [2.75, 3.05) is 18.5 Å². The Labute approximate surface area is 181 Å². The molecular formula is C25H26N2O4. The molecule has 0 unspecified atom stereocenters. The summed E-state index contributed by atoms with van der Waals surface area (Å²) in [6.45, 7) is 4.11. The molecule has 6 heteroatoms.